The van der Waals surface area contributed by atoms with Crippen LogP contribution in [0.25, 0.3) is 16.9 Å². The summed E-state index contributed by atoms with van der Waals surface area (Å²) in [5, 5.41) is 7.57. The normalized spacial score (nSPS) is 18.0. The lowest BCUT2D eigenvalue weighted by Crippen LogP contribution is -2.38. The first kappa shape index (κ1) is 19.4. The number of hydrogen-bond acceptors (Lipinski definition) is 6. The molecule has 0 fully saturated rings. The van der Waals surface area contributed by atoms with Gasteiger partial charge in [-0.05, 0) is 26.0 Å². The number of aromatic nitrogens is 2. The number of benzene rings is 2. The van der Waals surface area contributed by atoms with Gasteiger partial charge < -0.3 is 5.73 Å². The number of carbonyl (C=O) groups excluding carboxylic acids is 1. The van der Waals surface area contributed by atoms with E-state index in [-0.39, 0.29) is 5.78 Å². The second kappa shape index (κ2) is 7.59. The average Bonchev–Trinajstić information content (AvgIpc) is 3.38. The number of Topliss-reactive ketones (excluding diaryl/α,β-unsaturated/α-hetero) is 1. The molecular weight excluding hydrogens is 406 g/mol. The molecule has 2 N–H and O–H groups in total. The van der Waals surface area contributed by atoms with Gasteiger partial charge in [-0.15, -0.1) is 0 Å². The highest BCUT2D eigenvalue weighted by Gasteiger charge is 2.40. The third-order valence-electron chi connectivity index (χ3n) is 5.44. The standard InChI is InChI=1S/C24H21N5OS/c1-15-21(16(2)30)23(29-20(25)14-31-24(29)26-15)19-13-28(18-11-7-4-8-12-18)27-22(19)17-9-5-3-6-10-17/h3-14,23H,25H2,1-2H3. The Bertz CT molecular complexity index is 1260. The Balaban J connectivity index is 1.76. The number of allylic oxidation sites excluding steroid dienone is 1. The predicted octanol–water partition coefficient (Wildman–Crippen LogP) is 4.62. The van der Waals surface area contributed by atoms with Crippen molar-refractivity contribution in [1.29, 1.82) is 0 Å². The van der Waals surface area contributed by atoms with Gasteiger partial charge in [0.1, 0.15) is 5.82 Å². The van der Waals surface area contributed by atoms with Crippen LogP contribution in [-0.4, -0.2) is 25.6 Å². The van der Waals surface area contributed by atoms with Crippen LogP contribution in [-0.2, 0) is 4.79 Å². The number of para-hydroxylation sites is 1. The maximum absolute atomic E-state index is 12.8. The number of nitrogens with zero attached hydrogens (tertiary/aromatic N) is 4. The molecule has 2 aliphatic rings. The summed E-state index contributed by atoms with van der Waals surface area (Å²) in [5.74, 6) is 0.549. The molecule has 0 amide bonds. The zero-order valence-electron chi connectivity index (χ0n) is 17.2. The first-order valence-corrected chi connectivity index (χ1v) is 10.8. The van der Waals surface area contributed by atoms with Gasteiger partial charge in [0.25, 0.3) is 0 Å². The van der Waals surface area contributed by atoms with Gasteiger partial charge >= 0.3 is 0 Å². The highest BCUT2D eigenvalue weighted by Crippen LogP contribution is 2.45. The summed E-state index contributed by atoms with van der Waals surface area (Å²) in [6.45, 7) is 3.46. The highest BCUT2D eigenvalue weighted by atomic mass is 32.2. The van der Waals surface area contributed by atoms with E-state index in [2.05, 4.69) is 4.99 Å². The minimum absolute atomic E-state index is 0.0264. The van der Waals surface area contributed by atoms with Gasteiger partial charge in [-0.2, -0.15) is 5.10 Å². The molecule has 0 bridgehead atoms. The summed E-state index contributed by atoms with van der Waals surface area (Å²) in [5.41, 5.74) is 11.3. The molecule has 2 aromatic carbocycles. The van der Waals surface area contributed by atoms with Crippen molar-refractivity contribution in [2.24, 2.45) is 10.7 Å². The monoisotopic (exact) mass is 427 g/mol. The van der Waals surface area contributed by atoms with Crippen LogP contribution in [0.15, 0.2) is 94.4 Å². The molecule has 1 aromatic heterocycles. The summed E-state index contributed by atoms with van der Waals surface area (Å²) >= 11 is 1.47. The maximum atomic E-state index is 12.8. The number of ketones is 1. The van der Waals surface area contributed by atoms with Gasteiger partial charge in [0.15, 0.2) is 11.0 Å². The number of aliphatic imine (C=N–C) groups is 1. The molecular formula is C24H21N5OS. The number of hydrogen-bond donors (Lipinski definition) is 1. The van der Waals surface area contributed by atoms with Crippen molar-refractivity contribution in [2.45, 2.75) is 19.9 Å². The van der Waals surface area contributed by atoms with Crippen molar-refractivity contribution >= 4 is 22.7 Å². The second-order valence-corrected chi connectivity index (χ2v) is 8.30. The molecule has 0 radical (unpaired) electrons. The number of rotatable bonds is 4. The minimum atomic E-state index is -0.399. The lowest BCUT2D eigenvalue weighted by atomic mass is 9.91. The van der Waals surface area contributed by atoms with Crippen molar-refractivity contribution < 1.29 is 4.79 Å². The molecule has 3 aromatic rings. The van der Waals surface area contributed by atoms with Crippen LogP contribution >= 0.6 is 11.8 Å². The fourth-order valence-electron chi connectivity index (χ4n) is 4.07. The lowest BCUT2D eigenvalue weighted by molar-refractivity contribution is -0.114. The van der Waals surface area contributed by atoms with Crippen molar-refractivity contribution in [3.05, 3.63) is 94.9 Å². The molecule has 1 atom stereocenters. The van der Waals surface area contributed by atoms with Crippen LogP contribution in [0.4, 0.5) is 0 Å². The summed E-state index contributed by atoms with van der Waals surface area (Å²) in [7, 11) is 0. The van der Waals surface area contributed by atoms with E-state index in [1.807, 2.05) is 88.8 Å². The van der Waals surface area contributed by atoms with Crippen molar-refractivity contribution in [3.8, 4) is 16.9 Å². The van der Waals surface area contributed by atoms with Crippen LogP contribution < -0.4 is 5.73 Å². The van der Waals surface area contributed by atoms with E-state index in [4.69, 9.17) is 10.8 Å². The molecule has 6 nitrogen and oxygen atoms in total. The number of nitrogens with two attached hydrogens (primary N) is 1. The molecule has 5 rings (SSSR count). The van der Waals surface area contributed by atoms with Crippen LogP contribution in [0.2, 0.25) is 0 Å². The SMILES string of the molecule is CC(=O)C1=C(C)N=C2SC=C(N)N2C1c1cn(-c2ccccc2)nc1-c1ccccc1. The number of carbonyl (C=O) groups is 1. The van der Waals surface area contributed by atoms with Crippen LogP contribution in [0.5, 0.6) is 0 Å². The van der Waals surface area contributed by atoms with Gasteiger partial charge in [0.2, 0.25) is 0 Å². The van der Waals surface area contributed by atoms with Gasteiger partial charge in [-0.1, -0.05) is 60.3 Å². The van der Waals surface area contributed by atoms with E-state index >= 15 is 0 Å². The zero-order valence-corrected chi connectivity index (χ0v) is 18.0. The van der Waals surface area contributed by atoms with E-state index in [9.17, 15) is 4.79 Å². The zero-order chi connectivity index (χ0) is 21.5. The Kier molecular flexibility index (Phi) is 4.75. The number of fused-ring (bicyclic) bond motifs is 1. The third-order valence-corrected chi connectivity index (χ3v) is 6.30. The first-order chi connectivity index (χ1) is 15.0. The number of thioether (sulfide) groups is 1. The summed E-state index contributed by atoms with van der Waals surface area (Å²) in [6.07, 6.45) is 2.00. The maximum Gasteiger partial charge on any atom is 0.175 e. The van der Waals surface area contributed by atoms with E-state index in [1.165, 1.54) is 11.8 Å². The van der Waals surface area contributed by atoms with Crippen LogP contribution in [0, 0.1) is 0 Å². The Morgan fingerprint density at radius 3 is 2.42 bits per heavy atom. The van der Waals surface area contributed by atoms with Crippen molar-refractivity contribution in [2.75, 3.05) is 0 Å². The molecule has 0 saturated heterocycles. The van der Waals surface area contributed by atoms with Crippen molar-refractivity contribution in [3.63, 3.8) is 0 Å². The molecule has 0 aliphatic carbocycles. The topological polar surface area (TPSA) is 76.5 Å². The van der Waals surface area contributed by atoms with Gasteiger partial charge in [-0.25, -0.2) is 9.67 Å². The fourth-order valence-corrected chi connectivity index (χ4v) is 4.92. The average molecular weight is 428 g/mol. The van der Waals surface area contributed by atoms with E-state index in [0.717, 1.165) is 27.7 Å². The molecule has 2 aliphatic heterocycles. The van der Waals surface area contributed by atoms with Crippen molar-refractivity contribution in [1.82, 2.24) is 14.7 Å². The van der Waals surface area contributed by atoms with E-state index in [1.54, 1.807) is 6.92 Å². The molecule has 3 heterocycles. The molecule has 0 saturated carbocycles. The Hall–Kier alpha value is -3.58. The van der Waals surface area contributed by atoms with Crippen LogP contribution in [0.3, 0.4) is 0 Å². The number of amidine groups is 1. The first-order valence-electron chi connectivity index (χ1n) is 9.97. The van der Waals surface area contributed by atoms with Crippen LogP contribution in [0.1, 0.15) is 25.5 Å². The third kappa shape index (κ3) is 3.27. The quantitative estimate of drug-likeness (QED) is 0.657. The molecule has 1 unspecified atom stereocenters. The highest BCUT2D eigenvalue weighted by molar-refractivity contribution is 8.16. The largest absolute Gasteiger partial charge is 0.385 e. The second-order valence-electron chi connectivity index (χ2n) is 7.46. The molecule has 31 heavy (non-hydrogen) atoms. The molecule has 0 spiro atoms. The summed E-state index contributed by atoms with van der Waals surface area (Å²) in [6, 6.07) is 19.6. The summed E-state index contributed by atoms with van der Waals surface area (Å²) in [4.78, 5) is 19.3. The molecule has 154 valence electrons. The smallest absolute Gasteiger partial charge is 0.175 e. The van der Waals surface area contributed by atoms with E-state index < -0.39 is 6.04 Å². The Morgan fingerprint density at radius 2 is 1.74 bits per heavy atom. The van der Waals surface area contributed by atoms with Gasteiger partial charge in [0, 0.05) is 34.0 Å². The van der Waals surface area contributed by atoms with Gasteiger partial charge in [-0.3, -0.25) is 9.69 Å². The Morgan fingerprint density at radius 1 is 1.06 bits per heavy atom. The minimum Gasteiger partial charge on any atom is -0.385 e. The van der Waals surface area contributed by atoms with Gasteiger partial charge in [0.05, 0.1) is 17.4 Å². The predicted molar refractivity (Wildman–Crippen MR) is 124 cm³/mol. The fraction of sp³-hybridized carbons (Fsp3) is 0.125. The lowest BCUT2D eigenvalue weighted by Gasteiger charge is -2.34. The van der Waals surface area contributed by atoms with E-state index in [0.29, 0.717) is 17.1 Å². The summed E-state index contributed by atoms with van der Waals surface area (Å²) < 4.78 is 1.86. The molecule has 7 heteroatoms. The Labute approximate surface area is 184 Å².